The van der Waals surface area contributed by atoms with Gasteiger partial charge in [-0.15, -0.1) is 0 Å². The van der Waals surface area contributed by atoms with E-state index in [9.17, 15) is 0 Å². The van der Waals surface area contributed by atoms with Crippen molar-refractivity contribution in [2.24, 2.45) is 5.84 Å². The lowest BCUT2D eigenvalue weighted by molar-refractivity contribution is 0.487. The van der Waals surface area contributed by atoms with Gasteiger partial charge in [0.1, 0.15) is 0 Å². The van der Waals surface area contributed by atoms with Crippen LogP contribution in [-0.2, 0) is 0 Å². The van der Waals surface area contributed by atoms with E-state index >= 15 is 0 Å². The van der Waals surface area contributed by atoms with Crippen molar-refractivity contribution < 1.29 is 0 Å². The minimum atomic E-state index is 0.136. The van der Waals surface area contributed by atoms with E-state index in [0.29, 0.717) is 0 Å². The molecular formula is C12H18BrClN2. The van der Waals surface area contributed by atoms with Gasteiger partial charge in [-0.2, -0.15) is 0 Å². The highest BCUT2D eigenvalue weighted by molar-refractivity contribution is 9.10. The summed E-state index contributed by atoms with van der Waals surface area (Å²) in [6.07, 6.45) is 4.61. The molecule has 0 saturated heterocycles. The van der Waals surface area contributed by atoms with Crippen LogP contribution in [0.1, 0.15) is 44.2 Å². The maximum Gasteiger partial charge on any atom is 0.0596 e. The summed E-state index contributed by atoms with van der Waals surface area (Å²) in [4.78, 5) is 0. The maximum atomic E-state index is 6.24. The second kappa shape index (κ2) is 7.28. The fraction of sp³-hybridized carbons (Fsp3) is 0.500. The lowest BCUT2D eigenvalue weighted by atomic mass is 10.0. The number of rotatable bonds is 6. The molecule has 1 atom stereocenters. The Morgan fingerprint density at radius 3 is 2.81 bits per heavy atom. The Kier molecular flexibility index (Phi) is 6.36. The van der Waals surface area contributed by atoms with E-state index in [0.717, 1.165) is 27.9 Å². The van der Waals surface area contributed by atoms with Gasteiger partial charge in [0.2, 0.25) is 0 Å². The summed E-state index contributed by atoms with van der Waals surface area (Å²) in [7, 11) is 0. The van der Waals surface area contributed by atoms with E-state index in [-0.39, 0.29) is 6.04 Å². The summed E-state index contributed by atoms with van der Waals surface area (Å²) in [5.41, 5.74) is 3.90. The molecule has 90 valence electrons. The van der Waals surface area contributed by atoms with Crippen molar-refractivity contribution in [3.63, 3.8) is 0 Å². The van der Waals surface area contributed by atoms with Crippen molar-refractivity contribution in [2.45, 2.75) is 38.6 Å². The van der Waals surface area contributed by atoms with Gasteiger partial charge < -0.3 is 0 Å². The molecule has 0 bridgehead atoms. The topological polar surface area (TPSA) is 38.0 Å². The molecule has 0 saturated carbocycles. The molecule has 0 aliphatic heterocycles. The zero-order valence-electron chi connectivity index (χ0n) is 9.47. The van der Waals surface area contributed by atoms with E-state index in [1.807, 2.05) is 18.2 Å². The summed E-state index contributed by atoms with van der Waals surface area (Å²) in [6.45, 7) is 2.19. The van der Waals surface area contributed by atoms with E-state index in [4.69, 9.17) is 17.4 Å². The molecule has 0 fully saturated rings. The first-order valence-electron chi connectivity index (χ1n) is 5.60. The second-order valence-electron chi connectivity index (χ2n) is 3.86. The second-order valence-corrected chi connectivity index (χ2v) is 5.09. The molecule has 16 heavy (non-hydrogen) atoms. The summed E-state index contributed by atoms with van der Waals surface area (Å²) in [5, 5.41) is 0.752. The fourth-order valence-electron chi connectivity index (χ4n) is 1.72. The van der Waals surface area contributed by atoms with E-state index in [1.165, 1.54) is 12.8 Å². The minimum absolute atomic E-state index is 0.136. The molecule has 0 spiro atoms. The van der Waals surface area contributed by atoms with Crippen LogP contribution in [0.3, 0.4) is 0 Å². The van der Waals surface area contributed by atoms with Gasteiger partial charge in [-0.1, -0.05) is 49.9 Å². The van der Waals surface area contributed by atoms with Crippen molar-refractivity contribution in [3.8, 4) is 0 Å². The van der Waals surface area contributed by atoms with Crippen molar-refractivity contribution in [3.05, 3.63) is 33.3 Å². The van der Waals surface area contributed by atoms with Crippen molar-refractivity contribution >= 4 is 27.5 Å². The van der Waals surface area contributed by atoms with Crippen LogP contribution in [0, 0.1) is 0 Å². The third-order valence-electron chi connectivity index (χ3n) is 2.65. The Bertz CT molecular complexity index is 331. The number of hydrogen-bond donors (Lipinski definition) is 2. The number of nitrogens with one attached hydrogen (secondary N) is 1. The van der Waals surface area contributed by atoms with Gasteiger partial charge in [0.15, 0.2) is 0 Å². The average molecular weight is 306 g/mol. The molecule has 3 N–H and O–H groups in total. The SMILES string of the molecule is CCCCCC(NN)c1cccc(Br)c1Cl. The molecule has 1 aromatic rings. The van der Waals surface area contributed by atoms with Crippen LogP contribution < -0.4 is 11.3 Å². The Hall–Kier alpha value is -0.0900. The highest BCUT2D eigenvalue weighted by Gasteiger charge is 2.14. The Morgan fingerprint density at radius 2 is 2.19 bits per heavy atom. The minimum Gasteiger partial charge on any atom is -0.271 e. The molecule has 1 unspecified atom stereocenters. The zero-order chi connectivity index (χ0) is 12.0. The van der Waals surface area contributed by atoms with Gasteiger partial charge in [0, 0.05) is 10.5 Å². The molecule has 0 aliphatic rings. The third kappa shape index (κ3) is 3.74. The quantitative estimate of drug-likeness (QED) is 0.470. The Balaban J connectivity index is 2.74. The molecule has 0 amide bonds. The molecule has 1 rings (SSSR count). The predicted molar refractivity (Wildman–Crippen MR) is 73.4 cm³/mol. The maximum absolute atomic E-state index is 6.24. The first-order chi connectivity index (χ1) is 7.70. The molecule has 4 heteroatoms. The Labute approximate surface area is 111 Å². The van der Waals surface area contributed by atoms with Gasteiger partial charge in [0.25, 0.3) is 0 Å². The predicted octanol–water partition coefficient (Wildman–Crippen LogP) is 4.19. The van der Waals surface area contributed by atoms with Crippen molar-refractivity contribution in [1.82, 2.24) is 5.43 Å². The van der Waals surface area contributed by atoms with Crippen LogP contribution in [-0.4, -0.2) is 0 Å². The number of unbranched alkanes of at least 4 members (excludes halogenated alkanes) is 2. The highest BCUT2D eigenvalue weighted by Crippen LogP contribution is 2.31. The lowest BCUT2D eigenvalue weighted by Gasteiger charge is -2.18. The smallest absolute Gasteiger partial charge is 0.0596 e. The molecular weight excluding hydrogens is 288 g/mol. The number of nitrogens with two attached hydrogens (primary N) is 1. The van der Waals surface area contributed by atoms with Crippen LogP contribution in [0.25, 0.3) is 0 Å². The lowest BCUT2D eigenvalue weighted by Crippen LogP contribution is -2.28. The highest BCUT2D eigenvalue weighted by atomic mass is 79.9. The zero-order valence-corrected chi connectivity index (χ0v) is 11.8. The number of hydrazine groups is 1. The molecule has 1 aromatic carbocycles. The summed E-state index contributed by atoms with van der Waals surface area (Å²) >= 11 is 9.66. The van der Waals surface area contributed by atoms with E-state index in [1.54, 1.807) is 0 Å². The summed E-state index contributed by atoms with van der Waals surface area (Å²) in [6, 6.07) is 6.07. The van der Waals surface area contributed by atoms with Gasteiger partial charge in [-0.3, -0.25) is 11.3 Å². The van der Waals surface area contributed by atoms with Gasteiger partial charge >= 0.3 is 0 Å². The summed E-state index contributed by atoms with van der Waals surface area (Å²) < 4.78 is 0.919. The largest absolute Gasteiger partial charge is 0.271 e. The number of halogens is 2. The first-order valence-corrected chi connectivity index (χ1v) is 6.77. The standard InChI is InChI=1S/C12H18BrClN2/c1-2-3-4-8-11(16-15)9-6-5-7-10(13)12(9)14/h5-7,11,16H,2-4,8,15H2,1H3. The molecule has 0 radical (unpaired) electrons. The van der Waals surface area contributed by atoms with Crippen LogP contribution in [0.15, 0.2) is 22.7 Å². The van der Waals surface area contributed by atoms with Gasteiger partial charge in [-0.05, 0) is 34.0 Å². The summed E-state index contributed by atoms with van der Waals surface area (Å²) in [5.74, 6) is 5.58. The normalized spacial score (nSPS) is 12.8. The average Bonchev–Trinajstić information content (AvgIpc) is 2.29. The van der Waals surface area contributed by atoms with Crippen LogP contribution >= 0.6 is 27.5 Å². The van der Waals surface area contributed by atoms with E-state index in [2.05, 4.69) is 28.3 Å². The molecule has 2 nitrogen and oxygen atoms in total. The van der Waals surface area contributed by atoms with Gasteiger partial charge in [0.05, 0.1) is 5.02 Å². The van der Waals surface area contributed by atoms with Crippen molar-refractivity contribution in [2.75, 3.05) is 0 Å². The van der Waals surface area contributed by atoms with Crippen LogP contribution in [0.5, 0.6) is 0 Å². The monoisotopic (exact) mass is 304 g/mol. The van der Waals surface area contributed by atoms with Crippen LogP contribution in [0.4, 0.5) is 0 Å². The number of benzene rings is 1. The van der Waals surface area contributed by atoms with Gasteiger partial charge in [-0.25, -0.2) is 0 Å². The first kappa shape index (κ1) is 14.0. The number of hydrogen-bond acceptors (Lipinski definition) is 2. The molecule has 0 heterocycles. The fourth-order valence-corrected chi connectivity index (χ4v) is 2.36. The third-order valence-corrected chi connectivity index (χ3v) is 3.97. The van der Waals surface area contributed by atoms with Crippen LogP contribution in [0.2, 0.25) is 5.02 Å². The Morgan fingerprint density at radius 1 is 1.44 bits per heavy atom. The molecule has 0 aliphatic carbocycles. The molecule has 0 aromatic heterocycles. The van der Waals surface area contributed by atoms with E-state index < -0.39 is 0 Å². The van der Waals surface area contributed by atoms with Crippen molar-refractivity contribution in [1.29, 1.82) is 0 Å².